The lowest BCUT2D eigenvalue weighted by atomic mass is 9.98. The third-order valence-corrected chi connectivity index (χ3v) is 6.95. The van der Waals surface area contributed by atoms with Gasteiger partial charge in [0.2, 0.25) is 0 Å². The van der Waals surface area contributed by atoms with E-state index in [0.717, 1.165) is 0 Å². The Morgan fingerprint density at radius 2 is 0.864 bits per heavy atom. The largest absolute Gasteiger partial charge is 0.143 e. The first kappa shape index (κ1) is 12.6. The molecular formula is C20H14S2. The van der Waals surface area contributed by atoms with Crippen LogP contribution in [0.5, 0.6) is 0 Å². The molecule has 0 N–H and O–H groups in total. The zero-order valence-electron chi connectivity index (χ0n) is 12.4. The highest BCUT2D eigenvalue weighted by Gasteiger charge is 2.10. The maximum atomic E-state index is 2.31. The average Bonchev–Trinajstić information content (AvgIpc) is 3.11. The second-order valence-corrected chi connectivity index (χ2v) is 7.74. The highest BCUT2D eigenvalue weighted by Crippen LogP contribution is 2.39. The molecule has 0 bridgehead atoms. The van der Waals surface area contributed by atoms with Gasteiger partial charge in [0.1, 0.15) is 0 Å². The van der Waals surface area contributed by atoms with Gasteiger partial charge < -0.3 is 0 Å². The van der Waals surface area contributed by atoms with Crippen LogP contribution in [0.25, 0.3) is 41.7 Å². The smallest absolute Gasteiger partial charge is 0.0424 e. The molecule has 0 spiro atoms. The highest BCUT2D eigenvalue weighted by atomic mass is 32.1. The Balaban J connectivity index is 2.03. The first-order valence-electron chi connectivity index (χ1n) is 7.44. The van der Waals surface area contributed by atoms with Crippen molar-refractivity contribution in [2.75, 3.05) is 0 Å². The topological polar surface area (TPSA) is 0 Å². The van der Waals surface area contributed by atoms with Crippen LogP contribution in [0.2, 0.25) is 0 Å². The van der Waals surface area contributed by atoms with Gasteiger partial charge in [0.25, 0.3) is 0 Å². The van der Waals surface area contributed by atoms with Crippen LogP contribution in [0.4, 0.5) is 0 Å². The van der Waals surface area contributed by atoms with Crippen LogP contribution in [0.15, 0.2) is 47.2 Å². The standard InChI is InChI=1S/C20H14S2/c1-11-9-21-19-13(11)3-5-15-16-6-4-14-12(2)10-22-20(14)18(16)8-7-17(15)19/h3-10H,1-2H3. The first-order chi connectivity index (χ1) is 10.7. The van der Waals surface area contributed by atoms with E-state index in [1.807, 2.05) is 22.7 Å². The Morgan fingerprint density at radius 1 is 0.500 bits per heavy atom. The molecule has 2 heterocycles. The fourth-order valence-electron chi connectivity index (χ4n) is 3.46. The Kier molecular flexibility index (Phi) is 2.47. The Labute approximate surface area is 136 Å². The molecule has 0 aliphatic heterocycles. The van der Waals surface area contributed by atoms with E-state index in [2.05, 4.69) is 61.0 Å². The van der Waals surface area contributed by atoms with Crippen molar-refractivity contribution in [2.24, 2.45) is 0 Å². The summed E-state index contributed by atoms with van der Waals surface area (Å²) in [5.41, 5.74) is 2.76. The molecule has 0 aliphatic carbocycles. The fourth-order valence-corrected chi connectivity index (χ4v) is 5.63. The molecule has 0 nitrogen and oxygen atoms in total. The summed E-state index contributed by atoms with van der Waals surface area (Å²) in [6.07, 6.45) is 0. The molecule has 0 atom stereocenters. The SMILES string of the molecule is Cc1csc2c1ccc1c3ccc4c(C)csc4c3ccc12. The van der Waals surface area contributed by atoms with Gasteiger partial charge in [-0.2, -0.15) is 0 Å². The van der Waals surface area contributed by atoms with Gasteiger partial charge in [0, 0.05) is 20.2 Å². The van der Waals surface area contributed by atoms with Gasteiger partial charge in [-0.15, -0.1) is 22.7 Å². The molecule has 0 fully saturated rings. The molecule has 0 aliphatic rings. The summed E-state index contributed by atoms with van der Waals surface area (Å²) in [4.78, 5) is 0. The second-order valence-electron chi connectivity index (χ2n) is 5.98. The Bertz CT molecular complexity index is 1090. The van der Waals surface area contributed by atoms with Gasteiger partial charge in [-0.1, -0.05) is 36.4 Å². The van der Waals surface area contributed by atoms with E-state index < -0.39 is 0 Å². The van der Waals surface area contributed by atoms with Crippen molar-refractivity contribution in [2.45, 2.75) is 13.8 Å². The van der Waals surface area contributed by atoms with Crippen molar-refractivity contribution in [3.05, 3.63) is 58.3 Å². The molecule has 2 heteroatoms. The van der Waals surface area contributed by atoms with Crippen molar-refractivity contribution in [3.8, 4) is 0 Å². The number of hydrogen-bond donors (Lipinski definition) is 0. The van der Waals surface area contributed by atoms with E-state index in [1.165, 1.54) is 52.8 Å². The lowest BCUT2D eigenvalue weighted by Gasteiger charge is -2.07. The van der Waals surface area contributed by atoms with Crippen LogP contribution >= 0.6 is 22.7 Å². The normalized spacial score (nSPS) is 12.1. The summed E-state index contributed by atoms with van der Waals surface area (Å²) >= 11 is 3.72. The van der Waals surface area contributed by atoms with Crippen molar-refractivity contribution < 1.29 is 0 Å². The lowest BCUT2D eigenvalue weighted by Crippen LogP contribution is -1.79. The van der Waals surface area contributed by atoms with E-state index in [4.69, 9.17) is 0 Å². The summed E-state index contributed by atoms with van der Waals surface area (Å²) in [5.74, 6) is 0. The fraction of sp³-hybridized carbons (Fsp3) is 0.100. The van der Waals surface area contributed by atoms with Crippen LogP contribution in [-0.4, -0.2) is 0 Å². The molecule has 0 saturated carbocycles. The first-order valence-corrected chi connectivity index (χ1v) is 9.20. The summed E-state index contributed by atoms with van der Waals surface area (Å²) in [6, 6.07) is 13.8. The number of fused-ring (bicyclic) bond motifs is 7. The van der Waals surface area contributed by atoms with Crippen molar-refractivity contribution in [3.63, 3.8) is 0 Å². The predicted octanol–water partition coefficient (Wildman–Crippen LogP) is 7.04. The summed E-state index contributed by atoms with van der Waals surface area (Å²) < 4.78 is 2.83. The number of rotatable bonds is 0. The van der Waals surface area contributed by atoms with Crippen molar-refractivity contribution in [1.82, 2.24) is 0 Å². The Morgan fingerprint density at radius 3 is 1.32 bits per heavy atom. The summed E-state index contributed by atoms with van der Waals surface area (Å²) in [5, 5.41) is 12.8. The minimum absolute atomic E-state index is 1.37. The summed E-state index contributed by atoms with van der Waals surface area (Å²) in [7, 11) is 0. The number of hydrogen-bond acceptors (Lipinski definition) is 2. The Hall–Kier alpha value is -1.90. The molecule has 5 aromatic rings. The predicted molar refractivity (Wildman–Crippen MR) is 102 cm³/mol. The van der Waals surface area contributed by atoms with E-state index in [0.29, 0.717) is 0 Å². The van der Waals surface area contributed by atoms with Crippen LogP contribution in [0.3, 0.4) is 0 Å². The van der Waals surface area contributed by atoms with Gasteiger partial charge in [-0.3, -0.25) is 0 Å². The van der Waals surface area contributed by atoms with E-state index in [9.17, 15) is 0 Å². The molecule has 106 valence electrons. The molecule has 0 amide bonds. The molecular weight excluding hydrogens is 304 g/mol. The highest BCUT2D eigenvalue weighted by molar-refractivity contribution is 7.19. The number of thiophene rings is 2. The van der Waals surface area contributed by atoms with Gasteiger partial charge in [0.15, 0.2) is 0 Å². The number of benzene rings is 3. The lowest BCUT2D eigenvalue weighted by molar-refractivity contribution is 1.60. The van der Waals surface area contributed by atoms with Gasteiger partial charge in [0.05, 0.1) is 0 Å². The van der Waals surface area contributed by atoms with E-state index in [1.54, 1.807) is 0 Å². The van der Waals surface area contributed by atoms with Crippen molar-refractivity contribution >= 4 is 64.4 Å². The van der Waals surface area contributed by atoms with E-state index >= 15 is 0 Å². The third kappa shape index (κ3) is 1.52. The van der Waals surface area contributed by atoms with Crippen LogP contribution in [-0.2, 0) is 0 Å². The molecule has 22 heavy (non-hydrogen) atoms. The zero-order chi connectivity index (χ0) is 14.8. The zero-order valence-corrected chi connectivity index (χ0v) is 14.1. The van der Waals surface area contributed by atoms with Gasteiger partial charge >= 0.3 is 0 Å². The van der Waals surface area contributed by atoms with Gasteiger partial charge in [-0.05, 0) is 57.3 Å². The van der Waals surface area contributed by atoms with Crippen LogP contribution < -0.4 is 0 Å². The van der Waals surface area contributed by atoms with Gasteiger partial charge in [-0.25, -0.2) is 0 Å². The molecule has 5 rings (SSSR count). The molecule has 2 aromatic heterocycles. The number of aryl methyl sites for hydroxylation is 2. The summed E-state index contributed by atoms with van der Waals surface area (Å²) in [6.45, 7) is 4.40. The monoisotopic (exact) mass is 318 g/mol. The quantitative estimate of drug-likeness (QED) is 0.269. The maximum absolute atomic E-state index is 2.31. The minimum atomic E-state index is 1.37. The average molecular weight is 318 g/mol. The molecule has 0 saturated heterocycles. The molecule has 3 aromatic carbocycles. The third-order valence-electron chi connectivity index (χ3n) is 4.66. The van der Waals surface area contributed by atoms with E-state index in [-0.39, 0.29) is 0 Å². The van der Waals surface area contributed by atoms with Crippen LogP contribution in [0, 0.1) is 13.8 Å². The molecule has 0 radical (unpaired) electrons. The minimum Gasteiger partial charge on any atom is -0.143 e. The van der Waals surface area contributed by atoms with Crippen LogP contribution in [0.1, 0.15) is 11.1 Å². The maximum Gasteiger partial charge on any atom is 0.0424 e. The molecule has 0 unspecified atom stereocenters. The van der Waals surface area contributed by atoms with Crippen molar-refractivity contribution in [1.29, 1.82) is 0 Å². The second kappa shape index (κ2) is 4.31.